The average Bonchev–Trinajstić information content (AvgIpc) is 3.27. The van der Waals surface area contributed by atoms with Gasteiger partial charge in [0.05, 0.1) is 10.4 Å². The highest BCUT2D eigenvalue weighted by Gasteiger charge is 2.17. The molecule has 5 aromatic rings. The van der Waals surface area contributed by atoms with E-state index in [-0.39, 0.29) is 5.69 Å². The largest absolute Gasteiger partial charge is 0.329 e. The maximum atomic E-state index is 11.3. The van der Waals surface area contributed by atoms with Crippen LogP contribution in [0.1, 0.15) is 5.56 Å². The molecule has 8 nitrogen and oxygen atoms in total. The molecule has 0 fully saturated rings. The van der Waals surface area contributed by atoms with Crippen LogP contribution in [0.4, 0.5) is 17.2 Å². The molecule has 0 radical (unpaired) electrons. The first-order valence-electron chi connectivity index (χ1n) is 9.70. The van der Waals surface area contributed by atoms with Crippen LogP contribution in [0.25, 0.3) is 27.8 Å². The number of hydrogen-bond acceptors (Lipinski definition) is 6. The van der Waals surface area contributed by atoms with Crippen molar-refractivity contribution in [2.45, 2.75) is 6.92 Å². The third kappa shape index (κ3) is 3.24. The summed E-state index contributed by atoms with van der Waals surface area (Å²) in [6, 6.07) is 21.3. The lowest BCUT2D eigenvalue weighted by atomic mass is 10.0. The number of aromatic nitrogens is 4. The molecule has 0 aliphatic carbocycles. The fourth-order valence-electron chi connectivity index (χ4n) is 3.67. The summed E-state index contributed by atoms with van der Waals surface area (Å²) in [5.41, 5.74) is 5.00. The van der Waals surface area contributed by atoms with Gasteiger partial charge in [0.15, 0.2) is 0 Å². The van der Waals surface area contributed by atoms with Gasteiger partial charge >= 0.3 is 0 Å². The van der Waals surface area contributed by atoms with Gasteiger partial charge < -0.3 is 4.90 Å². The lowest BCUT2D eigenvalue weighted by Crippen LogP contribution is -2.13. The van der Waals surface area contributed by atoms with Gasteiger partial charge in [-0.3, -0.25) is 14.5 Å². The molecule has 2 heterocycles. The number of nitro benzene ring substituents is 1. The minimum atomic E-state index is -0.412. The van der Waals surface area contributed by atoms with Crippen molar-refractivity contribution in [3.8, 4) is 11.1 Å². The Kier molecular flexibility index (Phi) is 4.32. The number of nitro groups is 1. The second-order valence-electron chi connectivity index (χ2n) is 7.37. The SMILES string of the molecule is Cc1ccc(-c2cccc(N(C)c3nc4nncn4c4cc([N+](=O)[O-])ccc34)c2)cc1. The summed E-state index contributed by atoms with van der Waals surface area (Å²) < 4.78 is 1.66. The molecular weight excluding hydrogens is 392 g/mol. The normalized spacial score (nSPS) is 11.2. The maximum absolute atomic E-state index is 11.3. The summed E-state index contributed by atoms with van der Waals surface area (Å²) in [7, 11) is 1.92. The number of nitrogens with zero attached hydrogens (tertiary/aromatic N) is 6. The maximum Gasteiger partial charge on any atom is 0.271 e. The van der Waals surface area contributed by atoms with Gasteiger partial charge in [0.25, 0.3) is 11.5 Å². The monoisotopic (exact) mass is 410 g/mol. The molecule has 3 aromatic carbocycles. The molecule has 0 saturated carbocycles. The third-order valence-corrected chi connectivity index (χ3v) is 5.36. The van der Waals surface area contributed by atoms with Gasteiger partial charge in [-0.1, -0.05) is 42.0 Å². The first kappa shape index (κ1) is 18.7. The van der Waals surface area contributed by atoms with E-state index in [1.165, 1.54) is 24.0 Å². The Labute approximate surface area is 177 Å². The molecule has 5 rings (SSSR count). The Balaban J connectivity index is 1.66. The van der Waals surface area contributed by atoms with Crippen molar-refractivity contribution in [3.05, 3.63) is 88.7 Å². The minimum absolute atomic E-state index is 0.00340. The van der Waals surface area contributed by atoms with E-state index in [1.54, 1.807) is 10.5 Å². The smallest absolute Gasteiger partial charge is 0.271 e. The molecule has 0 saturated heterocycles. The highest BCUT2D eigenvalue weighted by Crippen LogP contribution is 2.33. The molecule has 0 amide bonds. The number of hydrogen-bond donors (Lipinski definition) is 0. The topological polar surface area (TPSA) is 89.5 Å². The summed E-state index contributed by atoms with van der Waals surface area (Å²) >= 11 is 0. The van der Waals surface area contributed by atoms with Gasteiger partial charge in [-0.15, -0.1) is 10.2 Å². The average molecular weight is 410 g/mol. The van der Waals surface area contributed by atoms with Crippen molar-refractivity contribution in [3.63, 3.8) is 0 Å². The second kappa shape index (κ2) is 7.17. The van der Waals surface area contributed by atoms with Gasteiger partial charge in [-0.2, -0.15) is 4.98 Å². The van der Waals surface area contributed by atoms with E-state index >= 15 is 0 Å². The van der Waals surface area contributed by atoms with Crippen LogP contribution in [-0.4, -0.2) is 31.6 Å². The Morgan fingerprint density at radius 3 is 2.58 bits per heavy atom. The lowest BCUT2D eigenvalue weighted by molar-refractivity contribution is -0.384. The minimum Gasteiger partial charge on any atom is -0.329 e. The lowest BCUT2D eigenvalue weighted by Gasteiger charge is -2.21. The molecule has 0 N–H and O–H groups in total. The molecule has 152 valence electrons. The molecule has 0 spiro atoms. The van der Waals surface area contributed by atoms with Crippen molar-refractivity contribution >= 4 is 33.9 Å². The summed E-state index contributed by atoms with van der Waals surface area (Å²) in [5, 5.41) is 20.0. The van der Waals surface area contributed by atoms with Gasteiger partial charge in [0.1, 0.15) is 12.1 Å². The number of non-ortho nitro benzene ring substituents is 1. The Hall–Kier alpha value is -4.33. The highest BCUT2D eigenvalue weighted by molar-refractivity contribution is 5.94. The number of fused-ring (bicyclic) bond motifs is 3. The Morgan fingerprint density at radius 2 is 1.81 bits per heavy atom. The van der Waals surface area contributed by atoms with E-state index in [4.69, 9.17) is 0 Å². The van der Waals surface area contributed by atoms with E-state index in [9.17, 15) is 10.1 Å². The summed E-state index contributed by atoms with van der Waals surface area (Å²) in [6.45, 7) is 2.07. The van der Waals surface area contributed by atoms with Crippen LogP contribution in [-0.2, 0) is 0 Å². The van der Waals surface area contributed by atoms with Gasteiger partial charge in [0.2, 0.25) is 0 Å². The molecule has 0 bridgehead atoms. The zero-order chi connectivity index (χ0) is 21.5. The van der Waals surface area contributed by atoms with Gasteiger partial charge in [-0.05, 0) is 36.2 Å². The van der Waals surface area contributed by atoms with E-state index in [2.05, 4.69) is 58.5 Å². The summed E-state index contributed by atoms with van der Waals surface area (Å²) in [4.78, 5) is 17.5. The van der Waals surface area contributed by atoms with Crippen LogP contribution in [0.15, 0.2) is 73.1 Å². The highest BCUT2D eigenvalue weighted by atomic mass is 16.6. The third-order valence-electron chi connectivity index (χ3n) is 5.36. The van der Waals surface area contributed by atoms with E-state index in [0.29, 0.717) is 17.1 Å². The molecule has 0 aliphatic heterocycles. The Morgan fingerprint density at radius 1 is 1.00 bits per heavy atom. The van der Waals surface area contributed by atoms with Crippen molar-refractivity contribution in [1.82, 2.24) is 19.6 Å². The van der Waals surface area contributed by atoms with Crippen molar-refractivity contribution in [2.75, 3.05) is 11.9 Å². The van der Waals surface area contributed by atoms with Crippen molar-refractivity contribution < 1.29 is 4.92 Å². The Bertz CT molecular complexity index is 1440. The molecule has 0 unspecified atom stereocenters. The first-order chi connectivity index (χ1) is 15.0. The zero-order valence-corrected chi connectivity index (χ0v) is 16.9. The van der Waals surface area contributed by atoms with Crippen LogP contribution in [0.2, 0.25) is 0 Å². The van der Waals surface area contributed by atoms with Gasteiger partial charge in [-0.25, -0.2) is 0 Å². The fourth-order valence-corrected chi connectivity index (χ4v) is 3.67. The quantitative estimate of drug-likeness (QED) is 0.308. The zero-order valence-electron chi connectivity index (χ0n) is 16.9. The van der Waals surface area contributed by atoms with Crippen LogP contribution < -0.4 is 4.90 Å². The number of aryl methyl sites for hydroxylation is 1. The van der Waals surface area contributed by atoms with E-state index in [1.807, 2.05) is 24.1 Å². The second-order valence-corrected chi connectivity index (χ2v) is 7.37. The molecular formula is C23H18N6O2. The summed E-state index contributed by atoms with van der Waals surface area (Å²) in [5.74, 6) is 1.02. The predicted octanol–water partition coefficient (Wildman–Crippen LogP) is 4.93. The van der Waals surface area contributed by atoms with Crippen molar-refractivity contribution in [2.24, 2.45) is 0 Å². The van der Waals surface area contributed by atoms with Crippen LogP contribution in [0.5, 0.6) is 0 Å². The predicted molar refractivity (Wildman–Crippen MR) is 120 cm³/mol. The standard InChI is InChI=1S/C23H18N6O2/c1-15-6-8-16(9-7-15)17-4-3-5-18(12-17)27(2)22-20-11-10-19(29(30)31)13-21(20)28-14-24-26-23(28)25-22/h3-14H,1-2H3. The van der Waals surface area contributed by atoms with E-state index in [0.717, 1.165) is 22.2 Å². The molecule has 8 heteroatoms. The van der Waals surface area contributed by atoms with Crippen molar-refractivity contribution in [1.29, 1.82) is 0 Å². The summed E-state index contributed by atoms with van der Waals surface area (Å²) in [6.07, 6.45) is 1.51. The van der Waals surface area contributed by atoms with Crippen LogP contribution in [0, 0.1) is 17.0 Å². The number of benzene rings is 3. The fraction of sp³-hybridized carbons (Fsp3) is 0.0870. The van der Waals surface area contributed by atoms with E-state index < -0.39 is 4.92 Å². The van der Waals surface area contributed by atoms with Gasteiger partial charge in [0, 0.05) is 30.3 Å². The number of anilines is 2. The molecule has 2 aromatic heterocycles. The van der Waals surface area contributed by atoms with Crippen LogP contribution >= 0.6 is 0 Å². The first-order valence-corrected chi connectivity index (χ1v) is 9.70. The molecule has 31 heavy (non-hydrogen) atoms. The van der Waals surface area contributed by atoms with Crippen LogP contribution in [0.3, 0.4) is 0 Å². The number of rotatable bonds is 4. The molecule has 0 atom stereocenters. The molecule has 0 aliphatic rings.